The van der Waals surface area contributed by atoms with Crippen molar-refractivity contribution < 1.29 is 42.4 Å². The summed E-state index contributed by atoms with van der Waals surface area (Å²) in [5, 5.41) is 9.85. The molecule has 3 atom stereocenters. The van der Waals surface area contributed by atoms with E-state index < -0.39 is 26.0 Å². The molecule has 0 fully saturated rings. The molecule has 10 heteroatoms. The average molecular weight is 808 g/mol. The van der Waals surface area contributed by atoms with Crippen LogP contribution in [0, 0.1) is 0 Å². The highest BCUT2D eigenvalue weighted by molar-refractivity contribution is 7.45. The van der Waals surface area contributed by atoms with Gasteiger partial charge in [-0.1, -0.05) is 170 Å². The van der Waals surface area contributed by atoms with Crippen molar-refractivity contribution in [2.75, 3.05) is 54.1 Å². The fraction of sp³-hybridized carbons (Fsp3) is 0.717. The van der Waals surface area contributed by atoms with Crippen molar-refractivity contribution in [3.63, 3.8) is 0 Å². The molecular weight excluding hydrogens is 725 g/mol. The van der Waals surface area contributed by atoms with Crippen LogP contribution in [0.5, 0.6) is 0 Å². The Morgan fingerprint density at radius 1 is 0.679 bits per heavy atom. The van der Waals surface area contributed by atoms with Crippen molar-refractivity contribution in [3.05, 3.63) is 72.9 Å². The number of hydrogen-bond donors (Lipinski definition) is 1. The molecule has 324 valence electrons. The summed E-state index contributed by atoms with van der Waals surface area (Å²) in [7, 11) is 1.28. The highest BCUT2D eigenvalue weighted by atomic mass is 31.2. The van der Waals surface area contributed by atoms with Gasteiger partial charge in [-0.3, -0.25) is 9.36 Å². The van der Waals surface area contributed by atoms with Gasteiger partial charge < -0.3 is 33.0 Å². The number of aliphatic hydroxyl groups excluding tert-OH is 1. The number of phosphoric ester groups is 1. The molecule has 0 spiro atoms. The van der Waals surface area contributed by atoms with Gasteiger partial charge in [-0.15, -0.1) is 0 Å². The number of carbonyl (C=O) groups excluding carboxylic acids is 1. The number of phosphoric acid groups is 1. The number of rotatable bonds is 39. The van der Waals surface area contributed by atoms with E-state index in [4.69, 9.17) is 18.5 Å². The monoisotopic (exact) mass is 808 g/mol. The van der Waals surface area contributed by atoms with Crippen LogP contribution in [0.3, 0.4) is 0 Å². The summed E-state index contributed by atoms with van der Waals surface area (Å²) in [6.45, 7) is 5.07. The van der Waals surface area contributed by atoms with E-state index in [-0.39, 0.29) is 26.2 Å². The van der Waals surface area contributed by atoms with Crippen molar-refractivity contribution in [3.8, 4) is 0 Å². The summed E-state index contributed by atoms with van der Waals surface area (Å²) in [6.07, 6.45) is 45.4. The molecule has 0 aliphatic carbocycles. The Morgan fingerprint density at radius 3 is 1.80 bits per heavy atom. The molecule has 0 rings (SSSR count). The van der Waals surface area contributed by atoms with Crippen molar-refractivity contribution in [2.24, 2.45) is 0 Å². The van der Waals surface area contributed by atoms with Crippen LogP contribution >= 0.6 is 7.82 Å². The van der Waals surface area contributed by atoms with Gasteiger partial charge in [0.15, 0.2) is 0 Å². The van der Waals surface area contributed by atoms with Gasteiger partial charge in [-0.25, -0.2) is 0 Å². The molecule has 56 heavy (non-hydrogen) atoms. The Balaban J connectivity index is 4.43. The molecule has 0 aromatic rings. The van der Waals surface area contributed by atoms with Gasteiger partial charge in [0.2, 0.25) is 0 Å². The number of esters is 1. The van der Waals surface area contributed by atoms with Crippen LogP contribution in [0.2, 0.25) is 0 Å². The minimum atomic E-state index is -4.55. The van der Waals surface area contributed by atoms with E-state index in [2.05, 4.69) is 44.2 Å². The third kappa shape index (κ3) is 41.5. The lowest BCUT2D eigenvalue weighted by molar-refractivity contribution is -0.870. The number of aliphatic hydroxyl groups is 1. The summed E-state index contributed by atoms with van der Waals surface area (Å²) in [4.78, 5) is 25.0. The van der Waals surface area contributed by atoms with Crippen molar-refractivity contribution in [1.82, 2.24) is 0 Å². The average Bonchev–Trinajstić information content (AvgIpc) is 3.14. The number of hydrogen-bond acceptors (Lipinski definition) is 8. The van der Waals surface area contributed by atoms with Gasteiger partial charge in [-0.05, 0) is 44.9 Å². The van der Waals surface area contributed by atoms with E-state index in [0.29, 0.717) is 30.5 Å². The SMILES string of the molecule is CC/C=C\CC(O)/C=C\C=C/C/C=C\C/C=C\C/C=C\CCC(=O)OC(COCCCCCCCCCCCCCCCC)COP(=O)([O-])OCC[N+](C)(C)C. The number of allylic oxidation sites excluding steroid dienone is 10. The first-order valence-electron chi connectivity index (χ1n) is 21.8. The second-order valence-electron chi connectivity index (χ2n) is 15.5. The van der Waals surface area contributed by atoms with E-state index in [1.54, 1.807) is 6.08 Å². The van der Waals surface area contributed by atoms with E-state index in [0.717, 1.165) is 38.5 Å². The van der Waals surface area contributed by atoms with Crippen molar-refractivity contribution >= 4 is 13.8 Å². The van der Waals surface area contributed by atoms with Crippen LogP contribution in [0.4, 0.5) is 0 Å². The number of unbranched alkanes of at least 4 members (excludes halogenated alkanes) is 13. The highest BCUT2D eigenvalue weighted by Gasteiger charge is 2.20. The number of nitrogens with zero attached hydrogens (tertiary/aromatic N) is 1. The van der Waals surface area contributed by atoms with E-state index >= 15 is 0 Å². The first-order chi connectivity index (χ1) is 27.0. The van der Waals surface area contributed by atoms with Gasteiger partial charge in [0.25, 0.3) is 7.82 Å². The van der Waals surface area contributed by atoms with E-state index in [1.807, 2.05) is 57.6 Å². The maximum Gasteiger partial charge on any atom is 0.306 e. The molecule has 0 radical (unpaired) electrons. The predicted octanol–water partition coefficient (Wildman–Crippen LogP) is 11.1. The van der Waals surface area contributed by atoms with E-state index in [9.17, 15) is 19.4 Å². The molecule has 0 aliphatic rings. The van der Waals surface area contributed by atoms with Crippen molar-refractivity contribution in [1.29, 1.82) is 0 Å². The first-order valence-corrected chi connectivity index (χ1v) is 23.2. The van der Waals surface area contributed by atoms with Crippen LogP contribution in [0.1, 0.15) is 149 Å². The van der Waals surface area contributed by atoms with Crippen LogP contribution < -0.4 is 4.89 Å². The normalized spacial score (nSPS) is 15.1. The minimum absolute atomic E-state index is 0.00316. The van der Waals surface area contributed by atoms with Crippen LogP contribution in [0.15, 0.2) is 72.9 Å². The molecule has 1 N–H and O–H groups in total. The number of likely N-dealkylation sites (N-methyl/N-ethyl adjacent to an activating group) is 1. The van der Waals surface area contributed by atoms with E-state index in [1.165, 1.54) is 77.0 Å². The molecule has 0 saturated heterocycles. The summed E-state index contributed by atoms with van der Waals surface area (Å²) in [5.41, 5.74) is 0. The summed E-state index contributed by atoms with van der Waals surface area (Å²) in [5.74, 6) is -0.430. The Labute approximate surface area is 343 Å². The van der Waals surface area contributed by atoms with Gasteiger partial charge in [0, 0.05) is 13.0 Å². The highest BCUT2D eigenvalue weighted by Crippen LogP contribution is 2.38. The Hall–Kier alpha value is -2.10. The summed E-state index contributed by atoms with van der Waals surface area (Å²) in [6, 6.07) is 0. The second kappa shape index (κ2) is 38.4. The predicted molar refractivity (Wildman–Crippen MR) is 232 cm³/mol. The second-order valence-corrected chi connectivity index (χ2v) is 16.9. The number of carbonyl (C=O) groups is 1. The Kier molecular flexibility index (Phi) is 37.0. The molecule has 0 heterocycles. The quantitative estimate of drug-likeness (QED) is 0.0163. The molecule has 0 bridgehead atoms. The van der Waals surface area contributed by atoms with Gasteiger partial charge in [-0.2, -0.15) is 0 Å². The summed E-state index contributed by atoms with van der Waals surface area (Å²) >= 11 is 0. The Bertz CT molecular complexity index is 1140. The van der Waals surface area contributed by atoms with Crippen LogP contribution in [-0.4, -0.2) is 81.9 Å². The third-order valence-electron chi connectivity index (χ3n) is 8.87. The fourth-order valence-electron chi connectivity index (χ4n) is 5.48. The lowest BCUT2D eigenvalue weighted by Crippen LogP contribution is -2.37. The topological polar surface area (TPSA) is 114 Å². The molecule has 0 saturated carbocycles. The zero-order valence-corrected chi connectivity index (χ0v) is 37.1. The molecule has 9 nitrogen and oxygen atoms in total. The largest absolute Gasteiger partial charge is 0.756 e. The van der Waals surface area contributed by atoms with Crippen molar-refractivity contribution in [2.45, 2.75) is 161 Å². The zero-order chi connectivity index (χ0) is 41.4. The molecular formula is C46H82NO8P. The van der Waals surface area contributed by atoms with Gasteiger partial charge in [0.1, 0.15) is 19.3 Å². The third-order valence-corrected chi connectivity index (χ3v) is 9.83. The summed E-state index contributed by atoms with van der Waals surface area (Å²) < 4.78 is 34.4. The van der Waals surface area contributed by atoms with Crippen LogP contribution in [-0.2, 0) is 27.9 Å². The maximum atomic E-state index is 12.6. The zero-order valence-electron chi connectivity index (χ0n) is 36.2. The molecule has 0 aliphatic heterocycles. The number of quaternary nitrogens is 1. The Morgan fingerprint density at radius 2 is 1.23 bits per heavy atom. The molecule has 0 aromatic carbocycles. The minimum Gasteiger partial charge on any atom is -0.756 e. The first kappa shape index (κ1) is 53.9. The van der Waals surface area contributed by atoms with Gasteiger partial charge in [0.05, 0.1) is 40.5 Å². The fourth-order valence-corrected chi connectivity index (χ4v) is 6.21. The lowest BCUT2D eigenvalue weighted by Gasteiger charge is -2.28. The lowest BCUT2D eigenvalue weighted by atomic mass is 10.0. The molecule has 3 unspecified atom stereocenters. The smallest absolute Gasteiger partial charge is 0.306 e. The molecule has 0 amide bonds. The maximum absolute atomic E-state index is 12.6. The van der Waals surface area contributed by atoms with Gasteiger partial charge >= 0.3 is 5.97 Å². The standard InChI is InChI=1S/C46H82NO8P/c1-6-8-10-11-12-13-14-15-19-22-25-28-31-35-40-52-42-45(43-54-56(50,51)53-41-39-47(3,4)5)55-46(49)38-34-30-27-24-21-18-16-17-20-23-26-29-33-37-44(48)36-32-9-7-2/h9,17-18,20-21,26-27,29-30,32-33,37,44-45,48H,6-8,10-16,19,22-25,28,31,34-36,38-43H2,1-5H3/b20-17-,21-18-,29-26-,30-27-,32-9-,37-33-. The number of ether oxygens (including phenoxy) is 2. The van der Waals surface area contributed by atoms with Crippen LogP contribution in [0.25, 0.3) is 0 Å². The molecule has 0 aromatic heterocycles.